The Hall–Kier alpha value is -2.56. The van der Waals surface area contributed by atoms with Gasteiger partial charge in [0.05, 0.1) is 28.8 Å². The van der Waals surface area contributed by atoms with Gasteiger partial charge in [0.1, 0.15) is 0 Å². The second-order valence-corrected chi connectivity index (χ2v) is 3.95. The van der Waals surface area contributed by atoms with Crippen LogP contribution >= 0.6 is 0 Å². The van der Waals surface area contributed by atoms with Crippen molar-refractivity contribution < 1.29 is 4.79 Å². The third kappa shape index (κ3) is 2.24. The summed E-state index contributed by atoms with van der Waals surface area (Å²) in [5.41, 5.74) is 14.3. The summed E-state index contributed by atoms with van der Waals surface area (Å²) in [5.74, 6) is -0.522. The van der Waals surface area contributed by atoms with Crippen molar-refractivity contribution in [2.24, 2.45) is 5.73 Å². The third-order valence-corrected chi connectivity index (χ3v) is 2.66. The highest BCUT2D eigenvalue weighted by atomic mass is 16.1. The number of carbonyl (C=O) groups is 1. The first-order chi connectivity index (χ1) is 8.59. The fraction of sp³-hybridized carbons (Fsp3) is 0.0769. The van der Waals surface area contributed by atoms with E-state index in [2.05, 4.69) is 10.3 Å². The Labute approximate surface area is 105 Å². The number of para-hydroxylation sites is 1. The average molecular weight is 242 g/mol. The van der Waals surface area contributed by atoms with E-state index in [-0.39, 0.29) is 0 Å². The maximum atomic E-state index is 11.4. The molecule has 2 rings (SSSR count). The summed E-state index contributed by atoms with van der Waals surface area (Å²) in [6.45, 7) is 1.94. The van der Waals surface area contributed by atoms with Crippen LogP contribution in [0.15, 0.2) is 36.7 Å². The molecule has 0 bridgehead atoms. The summed E-state index contributed by atoms with van der Waals surface area (Å²) in [6.07, 6.45) is 3.37. The number of anilines is 3. The SMILES string of the molecule is Cc1ccncc1Nc1c(N)cccc1C(N)=O. The van der Waals surface area contributed by atoms with Crippen LogP contribution < -0.4 is 16.8 Å². The molecule has 1 heterocycles. The smallest absolute Gasteiger partial charge is 0.250 e. The molecule has 5 N–H and O–H groups in total. The lowest BCUT2D eigenvalue weighted by atomic mass is 10.1. The van der Waals surface area contributed by atoms with Crippen molar-refractivity contribution >= 4 is 23.0 Å². The molecule has 5 heteroatoms. The molecule has 0 aliphatic heterocycles. The molecular formula is C13H14N4O. The number of rotatable bonds is 3. The van der Waals surface area contributed by atoms with E-state index in [9.17, 15) is 4.79 Å². The highest BCUT2D eigenvalue weighted by molar-refractivity contribution is 6.02. The van der Waals surface area contributed by atoms with Gasteiger partial charge in [-0.1, -0.05) is 6.07 Å². The predicted octanol–water partition coefficient (Wildman–Crippen LogP) is 1.81. The number of hydrogen-bond donors (Lipinski definition) is 3. The van der Waals surface area contributed by atoms with Crippen LogP contribution in [-0.2, 0) is 0 Å². The largest absolute Gasteiger partial charge is 0.397 e. The number of aromatic nitrogens is 1. The Balaban J connectivity index is 2.46. The molecule has 92 valence electrons. The lowest BCUT2D eigenvalue weighted by Crippen LogP contribution is -2.14. The lowest BCUT2D eigenvalue weighted by molar-refractivity contribution is 0.100. The second-order valence-electron chi connectivity index (χ2n) is 3.95. The number of nitrogens with zero attached hydrogens (tertiary/aromatic N) is 1. The van der Waals surface area contributed by atoms with Crippen molar-refractivity contribution in [3.63, 3.8) is 0 Å². The molecular weight excluding hydrogens is 228 g/mol. The molecule has 0 radical (unpaired) electrons. The molecule has 1 aromatic heterocycles. The van der Waals surface area contributed by atoms with Gasteiger partial charge in [0, 0.05) is 6.20 Å². The van der Waals surface area contributed by atoms with E-state index < -0.39 is 5.91 Å². The second kappa shape index (κ2) is 4.75. The first kappa shape index (κ1) is 11.9. The summed E-state index contributed by atoms with van der Waals surface area (Å²) in [7, 11) is 0. The summed E-state index contributed by atoms with van der Waals surface area (Å²) < 4.78 is 0. The standard InChI is InChI=1S/C13H14N4O/c1-8-5-6-16-7-11(8)17-12-9(13(15)18)3-2-4-10(12)14/h2-7,17H,14H2,1H3,(H2,15,18). The van der Waals surface area contributed by atoms with Gasteiger partial charge in [0.25, 0.3) is 5.91 Å². The molecule has 0 aliphatic rings. The number of amides is 1. The highest BCUT2D eigenvalue weighted by Gasteiger charge is 2.11. The molecule has 2 aromatic rings. The number of nitrogens with one attached hydrogen (secondary N) is 1. The van der Waals surface area contributed by atoms with Crippen molar-refractivity contribution in [1.29, 1.82) is 0 Å². The molecule has 0 aliphatic carbocycles. The molecule has 1 amide bonds. The maximum absolute atomic E-state index is 11.4. The lowest BCUT2D eigenvalue weighted by Gasteiger charge is -2.13. The number of nitrogens with two attached hydrogens (primary N) is 2. The Morgan fingerprint density at radius 3 is 2.78 bits per heavy atom. The van der Waals surface area contributed by atoms with Crippen LogP contribution in [0.4, 0.5) is 17.1 Å². The number of nitrogen functional groups attached to an aromatic ring is 1. The van der Waals surface area contributed by atoms with E-state index in [1.54, 1.807) is 30.6 Å². The zero-order valence-corrected chi connectivity index (χ0v) is 9.97. The van der Waals surface area contributed by atoms with Crippen LogP contribution in [0.2, 0.25) is 0 Å². The third-order valence-electron chi connectivity index (χ3n) is 2.66. The number of primary amides is 1. The summed E-state index contributed by atoms with van der Waals surface area (Å²) in [4.78, 5) is 15.4. The number of pyridine rings is 1. The number of aryl methyl sites for hydroxylation is 1. The van der Waals surface area contributed by atoms with Gasteiger partial charge in [-0.05, 0) is 30.7 Å². The van der Waals surface area contributed by atoms with Gasteiger partial charge in [-0.2, -0.15) is 0 Å². The quantitative estimate of drug-likeness (QED) is 0.715. The fourth-order valence-electron chi connectivity index (χ4n) is 1.64. The van der Waals surface area contributed by atoms with Crippen molar-refractivity contribution in [3.05, 3.63) is 47.8 Å². The number of benzene rings is 1. The Morgan fingerprint density at radius 1 is 1.33 bits per heavy atom. The molecule has 0 saturated heterocycles. The van der Waals surface area contributed by atoms with Crippen molar-refractivity contribution in [2.45, 2.75) is 6.92 Å². The Morgan fingerprint density at radius 2 is 2.11 bits per heavy atom. The van der Waals surface area contributed by atoms with Crippen LogP contribution in [0.25, 0.3) is 0 Å². The van der Waals surface area contributed by atoms with E-state index in [1.807, 2.05) is 13.0 Å². The molecule has 0 saturated carbocycles. The molecule has 0 fully saturated rings. The van der Waals surface area contributed by atoms with Crippen molar-refractivity contribution in [3.8, 4) is 0 Å². The Bertz CT molecular complexity index is 595. The fourth-order valence-corrected chi connectivity index (χ4v) is 1.64. The van der Waals surface area contributed by atoms with E-state index in [0.29, 0.717) is 16.9 Å². The number of hydrogen-bond acceptors (Lipinski definition) is 4. The first-order valence-corrected chi connectivity index (χ1v) is 5.45. The zero-order valence-electron chi connectivity index (χ0n) is 9.97. The number of carbonyl (C=O) groups excluding carboxylic acids is 1. The van der Waals surface area contributed by atoms with Crippen molar-refractivity contribution in [2.75, 3.05) is 11.1 Å². The van der Waals surface area contributed by atoms with Crippen LogP contribution in [-0.4, -0.2) is 10.9 Å². The molecule has 5 nitrogen and oxygen atoms in total. The van der Waals surface area contributed by atoms with Crippen molar-refractivity contribution in [1.82, 2.24) is 4.98 Å². The van der Waals surface area contributed by atoms with Crippen LogP contribution in [0.3, 0.4) is 0 Å². The van der Waals surface area contributed by atoms with E-state index >= 15 is 0 Å². The van der Waals surface area contributed by atoms with Gasteiger partial charge in [0.15, 0.2) is 0 Å². The van der Waals surface area contributed by atoms with Gasteiger partial charge in [-0.3, -0.25) is 9.78 Å². The van der Waals surface area contributed by atoms with Crippen LogP contribution in [0.5, 0.6) is 0 Å². The van der Waals surface area contributed by atoms with Gasteiger partial charge in [-0.25, -0.2) is 0 Å². The predicted molar refractivity (Wildman–Crippen MR) is 71.6 cm³/mol. The normalized spacial score (nSPS) is 10.1. The molecule has 0 unspecified atom stereocenters. The maximum Gasteiger partial charge on any atom is 0.250 e. The highest BCUT2D eigenvalue weighted by Crippen LogP contribution is 2.28. The molecule has 18 heavy (non-hydrogen) atoms. The average Bonchev–Trinajstić information content (AvgIpc) is 2.34. The molecule has 0 atom stereocenters. The molecule has 0 spiro atoms. The zero-order chi connectivity index (χ0) is 13.1. The van der Waals surface area contributed by atoms with E-state index in [4.69, 9.17) is 11.5 Å². The van der Waals surface area contributed by atoms with Gasteiger partial charge < -0.3 is 16.8 Å². The summed E-state index contributed by atoms with van der Waals surface area (Å²) in [6, 6.07) is 6.90. The topological polar surface area (TPSA) is 94.0 Å². The molecule has 1 aromatic carbocycles. The summed E-state index contributed by atoms with van der Waals surface area (Å²) in [5, 5.41) is 3.10. The minimum atomic E-state index is -0.522. The minimum Gasteiger partial charge on any atom is -0.397 e. The van der Waals surface area contributed by atoms with Crippen LogP contribution in [0, 0.1) is 6.92 Å². The van der Waals surface area contributed by atoms with Gasteiger partial charge in [-0.15, -0.1) is 0 Å². The monoisotopic (exact) mass is 242 g/mol. The minimum absolute atomic E-state index is 0.359. The summed E-state index contributed by atoms with van der Waals surface area (Å²) >= 11 is 0. The van der Waals surface area contributed by atoms with Gasteiger partial charge in [0.2, 0.25) is 0 Å². The van der Waals surface area contributed by atoms with E-state index in [1.165, 1.54) is 0 Å². The van der Waals surface area contributed by atoms with E-state index in [0.717, 1.165) is 11.3 Å². The van der Waals surface area contributed by atoms with Crippen LogP contribution in [0.1, 0.15) is 15.9 Å². The first-order valence-electron chi connectivity index (χ1n) is 5.45. The van der Waals surface area contributed by atoms with Gasteiger partial charge >= 0.3 is 0 Å². The Kier molecular flexibility index (Phi) is 3.14.